The first kappa shape index (κ1) is 13.4. The Morgan fingerprint density at radius 3 is 2.75 bits per heavy atom. The van der Waals surface area contributed by atoms with E-state index in [0.717, 1.165) is 20.0 Å². The van der Waals surface area contributed by atoms with E-state index in [9.17, 15) is 13.2 Å². The first-order valence-electron chi connectivity index (χ1n) is 5.18. The Morgan fingerprint density at radius 2 is 2.19 bits per heavy atom. The molecule has 1 saturated heterocycles. The third-order valence-corrected chi connectivity index (χ3v) is 4.46. The zero-order valence-corrected chi connectivity index (χ0v) is 10.1. The van der Waals surface area contributed by atoms with E-state index in [1.54, 1.807) is 0 Å². The predicted molar refractivity (Wildman–Crippen MR) is 57.2 cm³/mol. The molecular weight excluding hydrogens is 234 g/mol. The van der Waals surface area contributed by atoms with Crippen molar-refractivity contribution in [2.45, 2.75) is 25.3 Å². The van der Waals surface area contributed by atoms with Crippen LogP contribution in [-0.4, -0.2) is 55.9 Å². The van der Waals surface area contributed by atoms with Gasteiger partial charge < -0.3 is 9.84 Å². The summed E-state index contributed by atoms with van der Waals surface area (Å²) in [7, 11) is -2.51. The molecule has 0 aliphatic carbocycles. The minimum absolute atomic E-state index is 0.208. The van der Waals surface area contributed by atoms with Crippen LogP contribution in [0.3, 0.4) is 0 Å². The van der Waals surface area contributed by atoms with Gasteiger partial charge in [-0.15, -0.1) is 0 Å². The van der Waals surface area contributed by atoms with Gasteiger partial charge in [0.2, 0.25) is 10.0 Å². The maximum atomic E-state index is 11.8. The molecule has 16 heavy (non-hydrogen) atoms. The molecule has 0 saturated carbocycles. The number of sulfonamides is 1. The van der Waals surface area contributed by atoms with Gasteiger partial charge in [0.05, 0.1) is 13.7 Å². The van der Waals surface area contributed by atoms with Crippen molar-refractivity contribution in [3.8, 4) is 0 Å². The van der Waals surface area contributed by atoms with Crippen LogP contribution in [0.25, 0.3) is 0 Å². The Morgan fingerprint density at radius 1 is 1.50 bits per heavy atom. The predicted octanol–water partition coefficient (Wildman–Crippen LogP) is -0.664. The Labute approximate surface area is 95.2 Å². The second-order valence-corrected chi connectivity index (χ2v) is 5.70. The van der Waals surface area contributed by atoms with Gasteiger partial charge in [0.1, 0.15) is 0 Å². The van der Waals surface area contributed by atoms with Gasteiger partial charge in [0.15, 0.2) is 5.75 Å². The molecule has 1 aliphatic rings. The normalized spacial score (nSPS) is 23.0. The highest BCUT2D eigenvalue weighted by Gasteiger charge is 2.33. The summed E-state index contributed by atoms with van der Waals surface area (Å²) in [6.45, 7) is 0.158. The number of hydrogen-bond acceptors (Lipinski definition) is 5. The Bertz CT molecular complexity index is 340. The molecule has 1 fully saturated rings. The Kier molecular flexibility index (Phi) is 4.69. The average Bonchev–Trinajstić information content (AvgIpc) is 2.28. The van der Waals surface area contributed by atoms with Crippen LogP contribution in [0, 0.1) is 0 Å². The number of nitrogens with zero attached hydrogens (tertiary/aromatic N) is 1. The lowest BCUT2D eigenvalue weighted by atomic mass is 10.1. The molecule has 7 heteroatoms. The summed E-state index contributed by atoms with van der Waals surface area (Å²) >= 11 is 0. The molecule has 0 radical (unpaired) electrons. The van der Waals surface area contributed by atoms with Crippen molar-refractivity contribution in [1.82, 2.24) is 4.31 Å². The molecule has 1 atom stereocenters. The quantitative estimate of drug-likeness (QED) is 0.670. The van der Waals surface area contributed by atoms with Gasteiger partial charge in [-0.25, -0.2) is 8.42 Å². The monoisotopic (exact) mass is 251 g/mol. The number of ether oxygens (including phenoxy) is 1. The zero-order valence-electron chi connectivity index (χ0n) is 9.26. The number of aliphatic hydroxyl groups excluding tert-OH is 1. The SMILES string of the molecule is COC(=O)CS(=O)(=O)N1CCCCC1CO. The van der Waals surface area contributed by atoms with E-state index in [4.69, 9.17) is 5.11 Å². The lowest BCUT2D eigenvalue weighted by Gasteiger charge is -2.33. The molecule has 0 amide bonds. The molecule has 1 heterocycles. The molecule has 1 aliphatic heterocycles. The van der Waals surface area contributed by atoms with E-state index in [1.807, 2.05) is 0 Å². The van der Waals surface area contributed by atoms with Gasteiger partial charge in [-0.3, -0.25) is 4.79 Å². The largest absolute Gasteiger partial charge is 0.468 e. The van der Waals surface area contributed by atoms with Gasteiger partial charge in [0.25, 0.3) is 0 Å². The fraction of sp³-hybridized carbons (Fsp3) is 0.889. The van der Waals surface area contributed by atoms with E-state index in [1.165, 1.54) is 4.31 Å². The highest BCUT2D eigenvalue weighted by Crippen LogP contribution is 2.20. The number of rotatable bonds is 4. The molecular formula is C9H17NO5S. The molecule has 1 rings (SSSR count). The van der Waals surface area contributed by atoms with Crippen LogP contribution in [-0.2, 0) is 19.6 Å². The fourth-order valence-electron chi connectivity index (χ4n) is 1.81. The summed E-state index contributed by atoms with van der Waals surface area (Å²) in [4.78, 5) is 11.0. The van der Waals surface area contributed by atoms with Crippen molar-refractivity contribution in [2.75, 3.05) is 26.0 Å². The standard InChI is InChI=1S/C9H17NO5S/c1-15-9(12)7-16(13,14)10-5-3-2-4-8(10)6-11/h8,11H,2-7H2,1H3. The molecule has 94 valence electrons. The third-order valence-electron chi connectivity index (χ3n) is 2.67. The number of hydrogen-bond donors (Lipinski definition) is 1. The van der Waals surface area contributed by atoms with Crippen molar-refractivity contribution in [3.63, 3.8) is 0 Å². The van der Waals surface area contributed by atoms with Crippen molar-refractivity contribution in [2.24, 2.45) is 0 Å². The third kappa shape index (κ3) is 3.16. The van der Waals surface area contributed by atoms with E-state index < -0.39 is 27.8 Å². The minimum atomic E-state index is -3.66. The molecule has 0 spiro atoms. The first-order chi connectivity index (χ1) is 7.51. The second kappa shape index (κ2) is 5.60. The molecule has 0 aromatic carbocycles. The van der Waals surface area contributed by atoms with Gasteiger partial charge in [-0.1, -0.05) is 6.42 Å². The van der Waals surface area contributed by atoms with E-state index in [-0.39, 0.29) is 6.61 Å². The van der Waals surface area contributed by atoms with Crippen LogP contribution in [0.5, 0.6) is 0 Å². The second-order valence-electron chi connectivity index (χ2n) is 3.78. The van der Waals surface area contributed by atoms with Gasteiger partial charge in [-0.05, 0) is 12.8 Å². The Hall–Kier alpha value is -0.660. The molecule has 1 N–H and O–H groups in total. The van der Waals surface area contributed by atoms with Crippen LogP contribution >= 0.6 is 0 Å². The molecule has 1 unspecified atom stereocenters. The fourth-order valence-corrected chi connectivity index (χ4v) is 3.43. The van der Waals surface area contributed by atoms with E-state index in [2.05, 4.69) is 4.74 Å². The molecule has 0 bridgehead atoms. The van der Waals surface area contributed by atoms with Crippen LogP contribution < -0.4 is 0 Å². The average molecular weight is 251 g/mol. The summed E-state index contributed by atoms with van der Waals surface area (Å²) < 4.78 is 29.2. The Balaban J connectivity index is 2.76. The van der Waals surface area contributed by atoms with Gasteiger partial charge in [0, 0.05) is 12.6 Å². The van der Waals surface area contributed by atoms with Gasteiger partial charge >= 0.3 is 5.97 Å². The van der Waals surface area contributed by atoms with Crippen molar-refractivity contribution >= 4 is 16.0 Å². The summed E-state index contributed by atoms with van der Waals surface area (Å²) in [5.41, 5.74) is 0. The van der Waals surface area contributed by atoms with Crippen LogP contribution in [0.1, 0.15) is 19.3 Å². The van der Waals surface area contributed by atoms with Crippen molar-refractivity contribution < 1.29 is 23.1 Å². The highest BCUT2D eigenvalue weighted by molar-refractivity contribution is 7.89. The number of aliphatic hydroxyl groups is 1. The minimum Gasteiger partial charge on any atom is -0.468 e. The molecule has 0 aromatic rings. The summed E-state index contributed by atoms with van der Waals surface area (Å²) in [6.07, 6.45) is 2.29. The van der Waals surface area contributed by atoms with Crippen molar-refractivity contribution in [3.05, 3.63) is 0 Å². The highest BCUT2D eigenvalue weighted by atomic mass is 32.2. The summed E-state index contributed by atoms with van der Waals surface area (Å²) in [5.74, 6) is -1.43. The molecule has 0 aromatic heterocycles. The number of carbonyl (C=O) groups excluding carboxylic acids is 1. The van der Waals surface area contributed by atoms with Gasteiger partial charge in [-0.2, -0.15) is 4.31 Å². The summed E-state index contributed by atoms with van der Waals surface area (Å²) in [6, 6.07) is -0.400. The number of piperidine rings is 1. The van der Waals surface area contributed by atoms with Crippen molar-refractivity contribution in [1.29, 1.82) is 0 Å². The number of carbonyl (C=O) groups is 1. The summed E-state index contributed by atoms with van der Waals surface area (Å²) in [5, 5.41) is 9.09. The topological polar surface area (TPSA) is 83.9 Å². The maximum Gasteiger partial charge on any atom is 0.322 e. The zero-order chi connectivity index (χ0) is 12.2. The first-order valence-corrected chi connectivity index (χ1v) is 6.79. The number of methoxy groups -OCH3 is 1. The van der Waals surface area contributed by atoms with E-state index >= 15 is 0 Å². The maximum absolute atomic E-state index is 11.8. The molecule has 6 nitrogen and oxygen atoms in total. The van der Waals surface area contributed by atoms with Crippen LogP contribution in [0.2, 0.25) is 0 Å². The van der Waals surface area contributed by atoms with Crippen LogP contribution in [0.15, 0.2) is 0 Å². The van der Waals surface area contributed by atoms with E-state index in [0.29, 0.717) is 13.0 Å². The number of esters is 1. The van der Waals surface area contributed by atoms with Crippen LogP contribution in [0.4, 0.5) is 0 Å². The lowest BCUT2D eigenvalue weighted by molar-refractivity contribution is -0.137. The lowest BCUT2D eigenvalue weighted by Crippen LogP contribution is -2.47. The smallest absolute Gasteiger partial charge is 0.322 e.